The van der Waals surface area contributed by atoms with Crippen LogP contribution >= 0.6 is 0 Å². The first-order valence-corrected chi connectivity index (χ1v) is 8.23. The molecule has 0 spiro atoms. The number of nitrogens with one attached hydrogen (secondary N) is 2. The van der Waals surface area contributed by atoms with Gasteiger partial charge in [-0.2, -0.15) is 5.10 Å². The molecule has 2 aromatic carbocycles. The monoisotopic (exact) mass is 388 g/mol. The maximum absolute atomic E-state index is 13.5. The second kappa shape index (κ2) is 8.38. The number of benzene rings is 2. The lowest BCUT2D eigenvalue weighted by molar-refractivity contribution is -0.123. The quantitative estimate of drug-likeness (QED) is 0.638. The highest BCUT2D eigenvalue weighted by Crippen LogP contribution is 2.19. The molecular formula is C19H15F3N4O2. The maximum Gasteiger partial charge on any atom is 0.243 e. The standard InChI is InChI=1S/C19H15F3N4O2/c20-14-6-7-15(19(22)18(14)21)25-17(28)10-23-16(27)8-12-9-24-26(11-12)13-4-2-1-3-5-13/h1-7,9,11H,8,10H2,(H,23,27)(H,25,28). The van der Waals surface area contributed by atoms with Crippen LogP contribution in [-0.2, 0) is 16.0 Å². The molecule has 0 aliphatic carbocycles. The zero-order valence-corrected chi connectivity index (χ0v) is 14.5. The van der Waals surface area contributed by atoms with E-state index in [1.807, 2.05) is 30.3 Å². The second-order valence-corrected chi connectivity index (χ2v) is 5.85. The van der Waals surface area contributed by atoms with Crippen LogP contribution in [0.2, 0.25) is 0 Å². The Hall–Kier alpha value is -3.62. The third-order valence-electron chi connectivity index (χ3n) is 3.78. The Labute approximate surface area is 158 Å². The Kier molecular flexibility index (Phi) is 5.73. The summed E-state index contributed by atoms with van der Waals surface area (Å²) in [6.07, 6.45) is 3.20. The van der Waals surface area contributed by atoms with Crippen molar-refractivity contribution >= 4 is 17.5 Å². The predicted molar refractivity (Wildman–Crippen MR) is 95.2 cm³/mol. The van der Waals surface area contributed by atoms with Gasteiger partial charge >= 0.3 is 0 Å². The fourth-order valence-corrected chi connectivity index (χ4v) is 2.42. The van der Waals surface area contributed by atoms with Crippen molar-refractivity contribution in [3.63, 3.8) is 0 Å². The largest absolute Gasteiger partial charge is 0.347 e. The van der Waals surface area contributed by atoms with E-state index in [-0.39, 0.29) is 6.42 Å². The number of aromatic nitrogens is 2. The van der Waals surface area contributed by atoms with Gasteiger partial charge in [-0.1, -0.05) is 18.2 Å². The SMILES string of the molecule is O=C(Cc1cnn(-c2ccccc2)c1)NCC(=O)Nc1ccc(F)c(F)c1F. The highest BCUT2D eigenvalue weighted by molar-refractivity contribution is 5.94. The number of hydrogen-bond acceptors (Lipinski definition) is 3. The lowest BCUT2D eigenvalue weighted by Gasteiger charge is -2.08. The Balaban J connectivity index is 1.51. The Bertz CT molecular complexity index is 1010. The topological polar surface area (TPSA) is 76.0 Å². The summed E-state index contributed by atoms with van der Waals surface area (Å²) in [5.41, 5.74) is 0.956. The highest BCUT2D eigenvalue weighted by atomic mass is 19.2. The summed E-state index contributed by atoms with van der Waals surface area (Å²) in [5, 5.41) is 8.60. The molecule has 0 bridgehead atoms. The van der Waals surface area contributed by atoms with E-state index < -0.39 is 41.5 Å². The summed E-state index contributed by atoms with van der Waals surface area (Å²) < 4.78 is 41.2. The van der Waals surface area contributed by atoms with Crippen LogP contribution in [0.4, 0.5) is 18.9 Å². The molecule has 0 unspecified atom stereocenters. The third kappa shape index (κ3) is 4.56. The maximum atomic E-state index is 13.5. The fraction of sp³-hybridized carbons (Fsp3) is 0.105. The van der Waals surface area contributed by atoms with Crippen LogP contribution in [0.3, 0.4) is 0 Å². The Morgan fingerprint density at radius 3 is 2.46 bits per heavy atom. The molecule has 1 aromatic heterocycles. The van der Waals surface area contributed by atoms with E-state index in [1.54, 1.807) is 10.9 Å². The van der Waals surface area contributed by atoms with Crippen molar-refractivity contribution in [2.75, 3.05) is 11.9 Å². The van der Waals surface area contributed by atoms with Crippen molar-refractivity contribution in [3.8, 4) is 5.69 Å². The molecule has 1 heterocycles. The number of amides is 2. The first-order valence-electron chi connectivity index (χ1n) is 8.23. The lowest BCUT2D eigenvalue weighted by Crippen LogP contribution is -2.34. The smallest absolute Gasteiger partial charge is 0.243 e. The van der Waals surface area contributed by atoms with E-state index in [2.05, 4.69) is 15.7 Å². The number of carbonyl (C=O) groups excluding carboxylic acids is 2. The van der Waals surface area contributed by atoms with Crippen LogP contribution < -0.4 is 10.6 Å². The minimum Gasteiger partial charge on any atom is -0.347 e. The molecule has 28 heavy (non-hydrogen) atoms. The van der Waals surface area contributed by atoms with E-state index in [0.717, 1.165) is 11.8 Å². The molecule has 2 amide bonds. The summed E-state index contributed by atoms with van der Waals surface area (Å²) >= 11 is 0. The normalized spacial score (nSPS) is 10.5. The van der Waals surface area contributed by atoms with Crippen LogP contribution in [0.1, 0.15) is 5.56 Å². The van der Waals surface area contributed by atoms with Gasteiger partial charge in [0, 0.05) is 6.20 Å². The third-order valence-corrected chi connectivity index (χ3v) is 3.78. The van der Waals surface area contributed by atoms with Gasteiger partial charge in [0.05, 0.1) is 30.5 Å². The van der Waals surface area contributed by atoms with Crippen molar-refractivity contribution in [1.29, 1.82) is 0 Å². The number of nitrogens with zero attached hydrogens (tertiary/aromatic N) is 2. The molecule has 0 radical (unpaired) electrons. The number of halogens is 3. The Morgan fingerprint density at radius 2 is 1.71 bits per heavy atom. The Morgan fingerprint density at radius 1 is 0.964 bits per heavy atom. The van der Waals surface area contributed by atoms with Gasteiger partial charge in [-0.25, -0.2) is 17.9 Å². The summed E-state index contributed by atoms with van der Waals surface area (Å²) in [6, 6.07) is 10.9. The van der Waals surface area contributed by atoms with E-state index in [1.165, 1.54) is 6.20 Å². The van der Waals surface area contributed by atoms with Gasteiger partial charge in [0.15, 0.2) is 17.5 Å². The molecule has 3 aromatic rings. The van der Waals surface area contributed by atoms with Crippen LogP contribution in [0.25, 0.3) is 5.69 Å². The summed E-state index contributed by atoms with van der Waals surface area (Å²) in [6.45, 7) is -0.454. The fourth-order valence-electron chi connectivity index (χ4n) is 2.42. The van der Waals surface area contributed by atoms with Gasteiger partial charge in [-0.3, -0.25) is 9.59 Å². The molecule has 144 valence electrons. The summed E-state index contributed by atoms with van der Waals surface area (Å²) in [4.78, 5) is 23.8. The molecule has 9 heteroatoms. The van der Waals surface area contributed by atoms with Crippen LogP contribution in [0.15, 0.2) is 54.9 Å². The van der Waals surface area contributed by atoms with Gasteiger partial charge in [-0.05, 0) is 29.8 Å². The first-order chi connectivity index (χ1) is 13.4. The lowest BCUT2D eigenvalue weighted by atomic mass is 10.2. The molecule has 0 atom stereocenters. The zero-order valence-electron chi connectivity index (χ0n) is 14.5. The molecule has 2 N–H and O–H groups in total. The number of anilines is 1. The van der Waals surface area contributed by atoms with Crippen LogP contribution in [0.5, 0.6) is 0 Å². The molecule has 0 fully saturated rings. The van der Waals surface area contributed by atoms with Gasteiger partial charge in [0.2, 0.25) is 11.8 Å². The number of carbonyl (C=O) groups is 2. The predicted octanol–water partition coefficient (Wildman–Crippen LogP) is 2.59. The molecule has 3 rings (SSSR count). The average Bonchev–Trinajstić information content (AvgIpc) is 3.16. The first kappa shape index (κ1) is 19.2. The average molecular weight is 388 g/mol. The molecule has 0 aliphatic heterocycles. The van der Waals surface area contributed by atoms with Crippen molar-refractivity contribution in [3.05, 3.63) is 77.9 Å². The van der Waals surface area contributed by atoms with Gasteiger partial charge in [0.1, 0.15) is 0 Å². The van der Waals surface area contributed by atoms with Crippen molar-refractivity contribution in [2.45, 2.75) is 6.42 Å². The van der Waals surface area contributed by atoms with Crippen LogP contribution in [0, 0.1) is 17.5 Å². The molecular weight excluding hydrogens is 373 g/mol. The minimum absolute atomic E-state index is 0.0142. The number of hydrogen-bond donors (Lipinski definition) is 2. The molecule has 0 saturated heterocycles. The summed E-state index contributed by atoms with van der Waals surface area (Å²) in [5.74, 6) is -5.78. The minimum atomic E-state index is -1.68. The van der Waals surface area contributed by atoms with Crippen LogP contribution in [-0.4, -0.2) is 28.1 Å². The zero-order chi connectivity index (χ0) is 20.1. The van der Waals surface area contributed by atoms with E-state index >= 15 is 0 Å². The van der Waals surface area contributed by atoms with E-state index in [9.17, 15) is 22.8 Å². The highest BCUT2D eigenvalue weighted by Gasteiger charge is 2.15. The number of rotatable bonds is 6. The summed E-state index contributed by atoms with van der Waals surface area (Å²) in [7, 11) is 0. The van der Waals surface area contributed by atoms with E-state index in [4.69, 9.17) is 0 Å². The van der Waals surface area contributed by atoms with Gasteiger partial charge < -0.3 is 10.6 Å². The van der Waals surface area contributed by atoms with Crippen molar-refractivity contribution in [2.24, 2.45) is 0 Å². The number of para-hydroxylation sites is 1. The molecule has 6 nitrogen and oxygen atoms in total. The van der Waals surface area contributed by atoms with Gasteiger partial charge in [0.25, 0.3) is 0 Å². The van der Waals surface area contributed by atoms with Crippen molar-refractivity contribution < 1.29 is 22.8 Å². The van der Waals surface area contributed by atoms with Crippen molar-refractivity contribution in [1.82, 2.24) is 15.1 Å². The second-order valence-electron chi connectivity index (χ2n) is 5.85. The van der Waals surface area contributed by atoms with E-state index in [0.29, 0.717) is 11.6 Å². The molecule has 0 aliphatic rings. The van der Waals surface area contributed by atoms with Gasteiger partial charge in [-0.15, -0.1) is 0 Å². The molecule has 0 saturated carbocycles.